The normalized spacial score (nSPS) is 13.1. The minimum atomic E-state index is -0.312. The predicted molar refractivity (Wildman–Crippen MR) is 128 cm³/mol. The summed E-state index contributed by atoms with van der Waals surface area (Å²) in [6.45, 7) is 1.96. The number of fused-ring (bicyclic) bond motifs is 3. The maximum Gasteiger partial charge on any atom is 0.261 e. The molecule has 2 aromatic heterocycles. The molecule has 168 valence electrons. The van der Waals surface area contributed by atoms with Gasteiger partial charge in [0.1, 0.15) is 0 Å². The maximum absolute atomic E-state index is 12.9. The molecule has 0 radical (unpaired) electrons. The van der Waals surface area contributed by atoms with Gasteiger partial charge in [-0.1, -0.05) is 0 Å². The molecule has 2 aromatic carbocycles. The Morgan fingerprint density at radius 2 is 0.781 bits per heavy atom. The zero-order valence-corrected chi connectivity index (χ0v) is 19.6. The monoisotopic (exact) mass is 438 g/mol. The van der Waals surface area contributed by atoms with E-state index < -0.39 is 0 Å². The van der Waals surface area contributed by atoms with Gasteiger partial charge in [-0.05, 0) is 35.0 Å². The summed E-state index contributed by atoms with van der Waals surface area (Å²) in [5, 5.41) is 2.74. The highest BCUT2D eigenvalue weighted by atomic mass is 16.2. The number of hydrogen-bond donors (Lipinski definition) is 0. The number of nitrogens with zero attached hydrogens (tertiary/aromatic N) is 4. The minimum Gasteiger partial charge on any atom is -0.329 e. The topological polar surface area (TPSA) is 78.1 Å². The summed E-state index contributed by atoms with van der Waals surface area (Å²) in [5.74, 6) is 0. The van der Waals surface area contributed by atoms with Crippen LogP contribution in [0.4, 0.5) is 0 Å². The number of aromatic nitrogens is 2. The highest BCUT2D eigenvalue weighted by Gasteiger charge is 2.19. The van der Waals surface area contributed by atoms with E-state index in [1.165, 1.54) is 9.13 Å². The van der Waals surface area contributed by atoms with Crippen molar-refractivity contribution in [1.82, 2.24) is 9.13 Å². The van der Waals surface area contributed by atoms with Gasteiger partial charge < -0.3 is 8.97 Å². The lowest BCUT2D eigenvalue weighted by atomic mass is 10.0. The molecule has 0 N–H and O–H groups in total. The molecule has 0 saturated carbocycles. The summed E-state index contributed by atoms with van der Waals surface area (Å²) in [6, 6.07) is 6.68. The van der Waals surface area contributed by atoms with Crippen molar-refractivity contribution < 1.29 is 8.97 Å². The summed E-state index contributed by atoms with van der Waals surface area (Å²) < 4.78 is 3.83. The van der Waals surface area contributed by atoms with Crippen molar-refractivity contribution in [2.45, 2.75) is 13.1 Å². The first-order chi connectivity index (χ1) is 14.8. The van der Waals surface area contributed by atoms with Crippen LogP contribution in [-0.2, 0) is 13.1 Å². The van der Waals surface area contributed by atoms with Gasteiger partial charge in [0.25, 0.3) is 22.2 Å². The van der Waals surface area contributed by atoms with Crippen LogP contribution in [0, 0.1) is 0 Å². The summed E-state index contributed by atoms with van der Waals surface area (Å²) in [4.78, 5) is 51.7. The van der Waals surface area contributed by atoms with Crippen LogP contribution in [0.25, 0.3) is 32.3 Å². The van der Waals surface area contributed by atoms with E-state index in [2.05, 4.69) is 0 Å². The molecule has 4 aromatic rings. The van der Waals surface area contributed by atoms with Crippen LogP contribution in [0.1, 0.15) is 0 Å². The predicted octanol–water partition coefficient (Wildman–Crippen LogP) is 0.478. The molecule has 2 heterocycles. The Kier molecular flexibility index (Phi) is 4.98. The molecule has 0 amide bonds. The number of benzene rings is 2. The molecule has 0 aliphatic carbocycles. The van der Waals surface area contributed by atoms with Gasteiger partial charge in [-0.25, -0.2) is 0 Å². The average Bonchev–Trinajstić information content (AvgIpc) is 3.05. The van der Waals surface area contributed by atoms with Gasteiger partial charge in [0, 0.05) is 0 Å². The van der Waals surface area contributed by atoms with E-state index in [4.69, 9.17) is 0 Å². The SMILES string of the molecule is C[N+](C)(C)CCn1c(=O)c2cc3cc4c(=O)n(CC[N+](C)(C)C)c(=O)c4cc3cc2c1=O. The van der Waals surface area contributed by atoms with Crippen molar-refractivity contribution >= 4 is 32.3 Å². The Bertz CT molecular complexity index is 1360. The van der Waals surface area contributed by atoms with Gasteiger partial charge in [-0.2, -0.15) is 0 Å². The molecule has 0 fully saturated rings. The number of likely N-dealkylation sites (N-methyl/N-ethyl adjacent to an activating group) is 2. The van der Waals surface area contributed by atoms with Crippen LogP contribution < -0.4 is 22.2 Å². The van der Waals surface area contributed by atoms with Crippen LogP contribution in [0.3, 0.4) is 0 Å². The molecule has 0 atom stereocenters. The summed E-state index contributed by atoms with van der Waals surface area (Å²) >= 11 is 0. The van der Waals surface area contributed by atoms with Gasteiger partial charge in [-0.15, -0.1) is 0 Å². The first-order valence-corrected chi connectivity index (χ1v) is 10.7. The second-order valence-corrected chi connectivity index (χ2v) is 10.7. The van der Waals surface area contributed by atoms with Crippen molar-refractivity contribution in [3.63, 3.8) is 0 Å². The molecule has 0 unspecified atom stereocenters. The Morgan fingerprint density at radius 3 is 1.00 bits per heavy atom. The molecule has 0 aliphatic rings. The van der Waals surface area contributed by atoms with Crippen molar-refractivity contribution in [2.24, 2.45) is 0 Å². The smallest absolute Gasteiger partial charge is 0.261 e. The second-order valence-electron chi connectivity index (χ2n) is 10.7. The molecule has 0 saturated heterocycles. The van der Waals surface area contributed by atoms with E-state index in [0.717, 1.165) is 0 Å². The van der Waals surface area contributed by atoms with Crippen molar-refractivity contribution in [2.75, 3.05) is 55.4 Å². The highest BCUT2D eigenvalue weighted by Crippen LogP contribution is 2.23. The van der Waals surface area contributed by atoms with Gasteiger partial charge in [-0.3, -0.25) is 28.3 Å². The Hall–Kier alpha value is -3.10. The lowest BCUT2D eigenvalue weighted by Gasteiger charge is -2.23. The van der Waals surface area contributed by atoms with Crippen LogP contribution >= 0.6 is 0 Å². The van der Waals surface area contributed by atoms with Gasteiger partial charge >= 0.3 is 0 Å². The first-order valence-electron chi connectivity index (χ1n) is 10.7. The van der Waals surface area contributed by atoms with E-state index in [1.807, 2.05) is 42.3 Å². The quantitative estimate of drug-likeness (QED) is 0.410. The molecular formula is C24H30N4O4+2. The molecule has 4 rings (SSSR count). The van der Waals surface area contributed by atoms with E-state index in [-0.39, 0.29) is 22.2 Å². The lowest BCUT2D eigenvalue weighted by molar-refractivity contribution is -0.871. The molecule has 0 aliphatic heterocycles. The van der Waals surface area contributed by atoms with Crippen molar-refractivity contribution in [1.29, 1.82) is 0 Å². The summed E-state index contributed by atoms with van der Waals surface area (Å²) in [7, 11) is 12.0. The van der Waals surface area contributed by atoms with E-state index in [1.54, 1.807) is 24.3 Å². The Morgan fingerprint density at radius 1 is 0.531 bits per heavy atom. The van der Waals surface area contributed by atoms with Crippen LogP contribution in [0.15, 0.2) is 43.4 Å². The second kappa shape index (κ2) is 7.21. The number of rotatable bonds is 6. The maximum atomic E-state index is 12.9. The van der Waals surface area contributed by atoms with Gasteiger partial charge in [0.2, 0.25) is 0 Å². The van der Waals surface area contributed by atoms with E-state index in [9.17, 15) is 19.2 Å². The summed E-state index contributed by atoms with van der Waals surface area (Å²) in [6.07, 6.45) is 0. The fourth-order valence-corrected chi connectivity index (χ4v) is 4.03. The minimum absolute atomic E-state index is 0.312. The van der Waals surface area contributed by atoms with Crippen LogP contribution in [-0.4, -0.2) is 73.5 Å². The fraction of sp³-hybridized carbons (Fsp3) is 0.417. The molecule has 0 spiro atoms. The third-order valence-electron chi connectivity index (χ3n) is 6.00. The zero-order chi connectivity index (χ0) is 23.6. The third kappa shape index (κ3) is 3.80. The molecule has 32 heavy (non-hydrogen) atoms. The van der Waals surface area contributed by atoms with Crippen molar-refractivity contribution in [3.05, 3.63) is 65.7 Å². The lowest BCUT2D eigenvalue weighted by Crippen LogP contribution is -2.40. The molecule has 8 nitrogen and oxygen atoms in total. The molecule has 8 heteroatoms. The van der Waals surface area contributed by atoms with Crippen LogP contribution in [0.5, 0.6) is 0 Å². The summed E-state index contributed by atoms with van der Waals surface area (Å²) in [5.41, 5.74) is -1.25. The standard InChI is InChI=1S/C24H30N4O4/c1-27(2,3)9-7-25-21(29)17-11-15-13-19-20(14-16(15)12-18(17)22(25)30)24(32)26(23(19)31)8-10-28(4,5)6/h11-14H,7-10H2,1-6H3/q+2. The molecule has 0 bridgehead atoms. The fourth-order valence-electron chi connectivity index (χ4n) is 4.03. The van der Waals surface area contributed by atoms with Crippen LogP contribution in [0.2, 0.25) is 0 Å². The Labute approximate surface area is 185 Å². The van der Waals surface area contributed by atoms with E-state index in [0.29, 0.717) is 67.5 Å². The zero-order valence-electron chi connectivity index (χ0n) is 19.6. The molecular weight excluding hydrogens is 408 g/mol. The van der Waals surface area contributed by atoms with E-state index >= 15 is 0 Å². The van der Waals surface area contributed by atoms with Gasteiger partial charge in [0.05, 0.1) is 90.0 Å². The van der Waals surface area contributed by atoms with Crippen molar-refractivity contribution in [3.8, 4) is 0 Å². The largest absolute Gasteiger partial charge is 0.329 e. The third-order valence-corrected chi connectivity index (χ3v) is 6.00. The number of hydrogen-bond acceptors (Lipinski definition) is 4. The highest BCUT2D eigenvalue weighted by molar-refractivity contribution is 6.04. The Balaban J connectivity index is 1.89. The van der Waals surface area contributed by atoms with Gasteiger partial charge in [0.15, 0.2) is 0 Å². The average molecular weight is 439 g/mol. The number of quaternary nitrogens is 2. The first kappa shape index (κ1) is 22.1.